The molecule has 0 aromatic heterocycles. The summed E-state index contributed by atoms with van der Waals surface area (Å²) in [7, 11) is -4.36. The molecule has 0 heterocycles. The van der Waals surface area contributed by atoms with Crippen molar-refractivity contribution in [1.29, 1.82) is 0 Å². The largest absolute Gasteiger partial charge is 0.472 e. The first-order valence-electron chi connectivity index (χ1n) is 22.1. The van der Waals surface area contributed by atoms with Gasteiger partial charge in [0, 0.05) is 13.0 Å². The quantitative estimate of drug-likeness (QED) is 0.0276. The maximum Gasteiger partial charge on any atom is 0.472 e. The molecule has 0 bridgehead atoms. The predicted octanol–water partition coefficient (Wildman–Crippen LogP) is 12.4. The molecule has 1 amide bonds. The number of rotatable bonds is 40. The highest BCUT2D eigenvalue weighted by Crippen LogP contribution is 2.43. The first-order chi connectivity index (χ1) is 26.9. The molecule has 55 heavy (non-hydrogen) atoms. The number of amides is 1. The van der Waals surface area contributed by atoms with Gasteiger partial charge in [0.1, 0.15) is 0 Å². The topological polar surface area (TPSA) is 131 Å². The number of aliphatic hydroxyl groups is 1. The summed E-state index contributed by atoms with van der Waals surface area (Å²) in [5.41, 5.74) is 5.37. The fourth-order valence-electron chi connectivity index (χ4n) is 5.96. The van der Waals surface area contributed by atoms with Gasteiger partial charge in [-0.1, -0.05) is 177 Å². The van der Waals surface area contributed by atoms with Crippen LogP contribution in [0, 0.1) is 0 Å². The van der Waals surface area contributed by atoms with E-state index in [1.165, 1.54) is 83.5 Å². The van der Waals surface area contributed by atoms with Crippen LogP contribution in [-0.4, -0.2) is 47.8 Å². The van der Waals surface area contributed by atoms with E-state index in [-0.39, 0.29) is 25.7 Å². The first-order valence-corrected chi connectivity index (χ1v) is 23.6. The Kier molecular flexibility index (Phi) is 40.0. The Balaban J connectivity index is 4.32. The van der Waals surface area contributed by atoms with Crippen molar-refractivity contribution >= 4 is 13.7 Å². The molecular formula is C46H83N2O6P. The molecule has 0 aromatic rings. The van der Waals surface area contributed by atoms with Crippen molar-refractivity contribution in [3.8, 4) is 0 Å². The second-order valence-corrected chi connectivity index (χ2v) is 16.0. The monoisotopic (exact) mass is 791 g/mol. The Morgan fingerprint density at radius 2 is 1.07 bits per heavy atom. The van der Waals surface area contributed by atoms with Gasteiger partial charge in [-0.05, 0) is 70.6 Å². The van der Waals surface area contributed by atoms with Gasteiger partial charge in [0.05, 0.1) is 25.4 Å². The van der Waals surface area contributed by atoms with E-state index in [4.69, 9.17) is 14.8 Å². The van der Waals surface area contributed by atoms with Crippen molar-refractivity contribution in [2.24, 2.45) is 5.73 Å². The highest BCUT2D eigenvalue weighted by atomic mass is 31.2. The van der Waals surface area contributed by atoms with Crippen LogP contribution < -0.4 is 11.1 Å². The van der Waals surface area contributed by atoms with Crippen molar-refractivity contribution < 1.29 is 28.4 Å². The van der Waals surface area contributed by atoms with E-state index in [1.807, 2.05) is 6.08 Å². The van der Waals surface area contributed by atoms with Gasteiger partial charge in [0.25, 0.3) is 0 Å². The lowest BCUT2D eigenvalue weighted by molar-refractivity contribution is -0.123. The zero-order chi connectivity index (χ0) is 40.3. The van der Waals surface area contributed by atoms with Gasteiger partial charge in [0.15, 0.2) is 0 Å². The molecule has 0 aliphatic rings. The highest BCUT2D eigenvalue weighted by Gasteiger charge is 2.26. The van der Waals surface area contributed by atoms with Crippen molar-refractivity contribution in [3.05, 3.63) is 72.9 Å². The van der Waals surface area contributed by atoms with Crippen LogP contribution in [0.4, 0.5) is 0 Å². The average molecular weight is 791 g/mol. The van der Waals surface area contributed by atoms with Gasteiger partial charge in [-0.3, -0.25) is 13.8 Å². The molecule has 318 valence electrons. The lowest BCUT2D eigenvalue weighted by Crippen LogP contribution is -2.45. The highest BCUT2D eigenvalue weighted by molar-refractivity contribution is 7.47. The number of hydrogen-bond donors (Lipinski definition) is 4. The van der Waals surface area contributed by atoms with Crippen LogP contribution in [0.2, 0.25) is 0 Å². The number of allylic oxidation sites excluding steroid dienone is 11. The minimum atomic E-state index is -4.36. The Bertz CT molecular complexity index is 1090. The number of carbonyl (C=O) groups is 1. The Labute approximate surface area is 337 Å². The summed E-state index contributed by atoms with van der Waals surface area (Å²) >= 11 is 0. The molecule has 0 aliphatic heterocycles. The molecule has 3 unspecified atom stereocenters. The SMILES string of the molecule is CC/C=C\C/C=C\C/C=C\C/C=C\CCCCCCC(=O)NC(COP(=O)(O)OCCN)C(O)/C=C/CC/C=C/CCCCCCCCCCCCCCC. The molecule has 0 rings (SSSR count). The molecule has 0 saturated heterocycles. The Hall–Kier alpha value is -2.06. The van der Waals surface area contributed by atoms with Crippen LogP contribution in [-0.2, 0) is 18.4 Å². The first kappa shape index (κ1) is 52.9. The predicted molar refractivity (Wildman–Crippen MR) is 235 cm³/mol. The van der Waals surface area contributed by atoms with Crippen LogP contribution in [0.25, 0.3) is 0 Å². The number of unbranched alkanes of at least 4 members (excludes halogenated alkanes) is 18. The summed E-state index contributed by atoms with van der Waals surface area (Å²) in [6.45, 7) is 3.97. The summed E-state index contributed by atoms with van der Waals surface area (Å²) in [4.78, 5) is 22.7. The van der Waals surface area contributed by atoms with Crippen molar-refractivity contribution in [2.75, 3.05) is 19.8 Å². The molecule has 0 aliphatic carbocycles. The molecule has 0 spiro atoms. The number of carbonyl (C=O) groups excluding carboxylic acids is 1. The van der Waals surface area contributed by atoms with Gasteiger partial charge in [0.2, 0.25) is 5.91 Å². The summed E-state index contributed by atoms with van der Waals surface area (Å²) in [5.74, 6) is -0.230. The molecular weight excluding hydrogens is 707 g/mol. The molecule has 0 aromatic carbocycles. The number of aliphatic hydroxyl groups excluding tert-OH is 1. The van der Waals surface area contributed by atoms with Gasteiger partial charge >= 0.3 is 7.82 Å². The van der Waals surface area contributed by atoms with Crippen molar-refractivity contribution in [1.82, 2.24) is 5.32 Å². The maximum atomic E-state index is 12.7. The molecule has 3 atom stereocenters. The van der Waals surface area contributed by atoms with Crippen molar-refractivity contribution in [3.63, 3.8) is 0 Å². The Morgan fingerprint density at radius 3 is 1.62 bits per heavy atom. The molecule has 9 heteroatoms. The third-order valence-electron chi connectivity index (χ3n) is 9.27. The number of phosphoric ester groups is 1. The van der Waals surface area contributed by atoms with Crippen LogP contribution in [0.1, 0.15) is 181 Å². The van der Waals surface area contributed by atoms with Crippen LogP contribution in [0.5, 0.6) is 0 Å². The summed E-state index contributed by atoms with van der Waals surface area (Å²) in [6, 6.07) is -0.894. The van der Waals surface area contributed by atoms with E-state index in [0.717, 1.165) is 77.0 Å². The smallest absolute Gasteiger partial charge is 0.387 e. The van der Waals surface area contributed by atoms with E-state index in [2.05, 4.69) is 79.9 Å². The lowest BCUT2D eigenvalue weighted by atomic mass is 10.0. The van der Waals surface area contributed by atoms with Crippen LogP contribution in [0.3, 0.4) is 0 Å². The average Bonchev–Trinajstić information content (AvgIpc) is 3.17. The summed E-state index contributed by atoms with van der Waals surface area (Å²) < 4.78 is 22.1. The molecule has 5 N–H and O–H groups in total. The Morgan fingerprint density at radius 1 is 0.618 bits per heavy atom. The van der Waals surface area contributed by atoms with Gasteiger partial charge in [-0.2, -0.15) is 0 Å². The number of phosphoric acid groups is 1. The van der Waals surface area contributed by atoms with Crippen LogP contribution in [0.15, 0.2) is 72.9 Å². The minimum Gasteiger partial charge on any atom is -0.387 e. The molecule has 0 saturated carbocycles. The second kappa shape index (κ2) is 41.6. The number of nitrogens with one attached hydrogen (secondary N) is 1. The normalized spacial score (nSPS) is 14.8. The van der Waals surface area contributed by atoms with Crippen molar-refractivity contribution in [2.45, 2.75) is 193 Å². The minimum absolute atomic E-state index is 0.0662. The molecule has 8 nitrogen and oxygen atoms in total. The number of nitrogens with two attached hydrogens (primary N) is 1. The fourth-order valence-corrected chi connectivity index (χ4v) is 6.72. The molecule has 0 radical (unpaired) electrons. The van der Waals surface area contributed by atoms with Gasteiger partial charge in [-0.25, -0.2) is 4.57 Å². The van der Waals surface area contributed by atoms with Crippen LogP contribution >= 0.6 is 7.82 Å². The van der Waals surface area contributed by atoms with E-state index in [9.17, 15) is 19.4 Å². The van der Waals surface area contributed by atoms with E-state index >= 15 is 0 Å². The summed E-state index contributed by atoms with van der Waals surface area (Å²) in [5, 5.41) is 13.6. The fraction of sp³-hybridized carbons (Fsp3) is 0.717. The van der Waals surface area contributed by atoms with Gasteiger partial charge < -0.3 is 21.1 Å². The third-order valence-corrected chi connectivity index (χ3v) is 10.3. The zero-order valence-electron chi connectivity index (χ0n) is 35.1. The van der Waals surface area contributed by atoms with E-state index in [0.29, 0.717) is 6.42 Å². The van der Waals surface area contributed by atoms with E-state index < -0.39 is 20.0 Å². The van der Waals surface area contributed by atoms with E-state index in [1.54, 1.807) is 6.08 Å². The maximum absolute atomic E-state index is 12.7. The van der Waals surface area contributed by atoms with Gasteiger partial charge in [-0.15, -0.1) is 0 Å². The standard InChI is InChI=1S/C46H83N2O6P/c1-3-5-7-9-11-13-15-17-19-21-22-24-25-27-29-31-33-35-37-39-45(49)44(43-54-55(51,52)53-42-41-47)48-46(50)40-38-36-34-32-30-28-26-23-20-18-16-14-12-10-8-6-4-2/h6,8,12,14,18,20,26,28-29,31,37,39,44-45,49H,3-5,7,9-11,13,15-17,19,21-25,27,30,32-36,38,40-43,47H2,1-2H3,(H,48,50)(H,51,52)/b8-6-,14-12-,20-18-,28-26-,31-29+,39-37+. The second-order valence-electron chi connectivity index (χ2n) is 14.5. The lowest BCUT2D eigenvalue weighted by Gasteiger charge is -2.23. The molecule has 0 fully saturated rings. The zero-order valence-corrected chi connectivity index (χ0v) is 36.0. The third kappa shape index (κ3) is 40.0. The number of hydrogen-bond acceptors (Lipinski definition) is 6. The summed E-state index contributed by atoms with van der Waals surface area (Å²) in [6.07, 6.45) is 53.8.